The first kappa shape index (κ1) is 12.7. The van der Waals surface area contributed by atoms with Crippen LogP contribution in [-0.2, 0) is 0 Å². The van der Waals surface area contributed by atoms with Gasteiger partial charge in [0.05, 0.1) is 0 Å². The van der Waals surface area contributed by atoms with E-state index in [1.54, 1.807) is 11.1 Å². The highest BCUT2D eigenvalue weighted by molar-refractivity contribution is 5.84. The predicted octanol–water partition coefficient (Wildman–Crippen LogP) is 5.84. The van der Waals surface area contributed by atoms with Gasteiger partial charge in [0.25, 0.3) is 0 Å². The Bertz CT molecular complexity index is 699. The van der Waals surface area contributed by atoms with Gasteiger partial charge in [-0.3, -0.25) is 0 Å². The zero-order valence-electron chi connectivity index (χ0n) is 13.0. The minimum atomic E-state index is 0.577. The van der Waals surface area contributed by atoms with Crippen LogP contribution in [0.15, 0.2) is 66.2 Å². The van der Waals surface area contributed by atoms with Crippen LogP contribution in [0.5, 0.6) is 0 Å². The van der Waals surface area contributed by atoms with E-state index in [2.05, 4.69) is 60.7 Å². The molecule has 0 nitrogen and oxygen atoms in total. The van der Waals surface area contributed by atoms with Crippen molar-refractivity contribution < 1.29 is 0 Å². The van der Waals surface area contributed by atoms with Crippen LogP contribution >= 0.6 is 0 Å². The quantitative estimate of drug-likeness (QED) is 0.650. The number of hydrogen-bond donors (Lipinski definition) is 0. The van der Waals surface area contributed by atoms with E-state index in [-0.39, 0.29) is 0 Å². The van der Waals surface area contributed by atoms with Gasteiger partial charge < -0.3 is 0 Å². The molecule has 0 radical (unpaired) electrons. The molecule has 0 saturated heterocycles. The molecule has 110 valence electrons. The minimum absolute atomic E-state index is 0.577. The molecule has 0 heteroatoms. The first-order valence-corrected chi connectivity index (χ1v) is 8.69. The third-order valence-corrected chi connectivity index (χ3v) is 6.82. The van der Waals surface area contributed by atoms with E-state index in [4.69, 9.17) is 0 Å². The van der Waals surface area contributed by atoms with Gasteiger partial charge in [-0.1, -0.05) is 72.7 Å². The van der Waals surface area contributed by atoms with E-state index >= 15 is 0 Å². The summed E-state index contributed by atoms with van der Waals surface area (Å²) in [6, 6.07) is 22.1. The molecule has 0 N–H and O–H groups in total. The maximum absolute atomic E-state index is 2.29. The topological polar surface area (TPSA) is 0 Å². The molecular weight excluding hydrogens is 264 g/mol. The van der Waals surface area contributed by atoms with Crippen LogP contribution in [0.4, 0.5) is 0 Å². The molecule has 0 aliphatic heterocycles. The Balaban J connectivity index is 1.72. The van der Waals surface area contributed by atoms with Gasteiger partial charge in [0.1, 0.15) is 0 Å². The second-order valence-corrected chi connectivity index (χ2v) is 7.48. The SMILES string of the molecule is c1ccc(C(=C2CC34CCCC23CC4)c2ccccc2)cc1. The van der Waals surface area contributed by atoms with Crippen molar-refractivity contribution in [1.29, 1.82) is 0 Å². The zero-order valence-corrected chi connectivity index (χ0v) is 13.0. The number of allylic oxidation sites excluding steroid dienone is 1. The second-order valence-electron chi connectivity index (χ2n) is 7.48. The normalized spacial score (nSPS) is 31.7. The summed E-state index contributed by atoms with van der Waals surface area (Å²) in [4.78, 5) is 0. The van der Waals surface area contributed by atoms with Gasteiger partial charge >= 0.3 is 0 Å². The summed E-state index contributed by atoms with van der Waals surface area (Å²) < 4.78 is 0. The Morgan fingerprint density at radius 3 is 1.82 bits per heavy atom. The van der Waals surface area contributed by atoms with E-state index in [1.807, 2.05) is 0 Å². The lowest BCUT2D eigenvalue weighted by atomic mass is 9.36. The lowest BCUT2D eigenvalue weighted by Crippen LogP contribution is -2.58. The lowest BCUT2D eigenvalue weighted by Gasteiger charge is -2.67. The van der Waals surface area contributed by atoms with Crippen molar-refractivity contribution in [3.05, 3.63) is 77.4 Å². The number of rotatable bonds is 2. The van der Waals surface area contributed by atoms with Crippen molar-refractivity contribution in [3.8, 4) is 0 Å². The molecule has 0 aromatic heterocycles. The summed E-state index contributed by atoms with van der Waals surface area (Å²) in [5.41, 5.74) is 7.41. The molecule has 3 aliphatic carbocycles. The van der Waals surface area contributed by atoms with Crippen LogP contribution in [0.25, 0.3) is 5.57 Å². The van der Waals surface area contributed by atoms with E-state index in [1.165, 1.54) is 49.7 Å². The molecule has 2 unspecified atom stereocenters. The van der Waals surface area contributed by atoms with Crippen molar-refractivity contribution in [2.24, 2.45) is 10.8 Å². The van der Waals surface area contributed by atoms with Crippen LogP contribution < -0.4 is 0 Å². The number of hydrogen-bond acceptors (Lipinski definition) is 0. The van der Waals surface area contributed by atoms with Crippen molar-refractivity contribution in [3.63, 3.8) is 0 Å². The average molecular weight is 286 g/mol. The molecule has 2 aromatic rings. The van der Waals surface area contributed by atoms with Gasteiger partial charge in [0.15, 0.2) is 0 Å². The fourth-order valence-corrected chi connectivity index (χ4v) is 5.68. The summed E-state index contributed by atoms with van der Waals surface area (Å²) >= 11 is 0. The molecule has 3 saturated carbocycles. The summed E-state index contributed by atoms with van der Waals surface area (Å²) in [6.45, 7) is 0. The van der Waals surface area contributed by atoms with Gasteiger partial charge in [0.2, 0.25) is 0 Å². The van der Waals surface area contributed by atoms with Crippen LogP contribution in [0.3, 0.4) is 0 Å². The fourth-order valence-electron chi connectivity index (χ4n) is 5.68. The molecule has 0 spiro atoms. The van der Waals surface area contributed by atoms with Crippen molar-refractivity contribution in [1.82, 2.24) is 0 Å². The highest BCUT2D eigenvalue weighted by atomic mass is 14.7. The van der Waals surface area contributed by atoms with Gasteiger partial charge in [-0.15, -0.1) is 0 Å². The molecule has 2 aromatic carbocycles. The maximum atomic E-state index is 2.29. The van der Waals surface area contributed by atoms with Crippen LogP contribution in [0.1, 0.15) is 49.7 Å². The average Bonchev–Trinajstić information content (AvgIpc) is 2.75. The Morgan fingerprint density at radius 1 is 0.682 bits per heavy atom. The van der Waals surface area contributed by atoms with Crippen LogP contribution in [-0.4, -0.2) is 0 Å². The largest absolute Gasteiger partial charge is 0.0622 e. The summed E-state index contributed by atoms with van der Waals surface area (Å²) in [5.74, 6) is 0. The summed E-state index contributed by atoms with van der Waals surface area (Å²) in [5, 5.41) is 0. The zero-order chi connectivity index (χ0) is 14.6. The molecule has 0 bridgehead atoms. The monoisotopic (exact) mass is 286 g/mol. The predicted molar refractivity (Wildman–Crippen MR) is 91.5 cm³/mol. The van der Waals surface area contributed by atoms with E-state index < -0.39 is 0 Å². The van der Waals surface area contributed by atoms with Gasteiger partial charge in [-0.25, -0.2) is 0 Å². The Kier molecular flexibility index (Phi) is 2.51. The van der Waals surface area contributed by atoms with E-state index in [0.29, 0.717) is 10.8 Å². The van der Waals surface area contributed by atoms with Crippen LogP contribution in [0, 0.1) is 10.8 Å². The van der Waals surface area contributed by atoms with E-state index in [9.17, 15) is 0 Å². The Labute approximate surface area is 132 Å². The maximum Gasteiger partial charge on any atom is -0.00188 e. The third kappa shape index (κ3) is 1.43. The Morgan fingerprint density at radius 2 is 1.32 bits per heavy atom. The molecular formula is C22H22. The van der Waals surface area contributed by atoms with Gasteiger partial charge in [-0.2, -0.15) is 0 Å². The summed E-state index contributed by atoms with van der Waals surface area (Å²) in [6.07, 6.45) is 8.63. The standard InChI is InChI=1S/C22H22/c1-3-8-17(9-4-1)20(18-10-5-2-6-11-18)19-16-21-12-7-13-22(19,21)15-14-21/h1-6,8-11H,7,12-16H2. The first-order valence-electron chi connectivity index (χ1n) is 8.69. The highest BCUT2D eigenvalue weighted by Crippen LogP contribution is 2.81. The molecule has 3 fully saturated rings. The molecule has 0 heterocycles. The van der Waals surface area contributed by atoms with Crippen molar-refractivity contribution >= 4 is 5.57 Å². The Hall–Kier alpha value is -1.82. The summed E-state index contributed by atoms with van der Waals surface area (Å²) in [7, 11) is 0. The van der Waals surface area contributed by atoms with Crippen LogP contribution in [0.2, 0.25) is 0 Å². The van der Waals surface area contributed by atoms with Gasteiger partial charge in [0, 0.05) is 0 Å². The van der Waals surface area contributed by atoms with E-state index in [0.717, 1.165) is 0 Å². The van der Waals surface area contributed by atoms with Crippen molar-refractivity contribution in [2.45, 2.75) is 38.5 Å². The minimum Gasteiger partial charge on any atom is -0.0622 e. The molecule has 5 rings (SSSR count). The van der Waals surface area contributed by atoms with Crippen molar-refractivity contribution in [2.75, 3.05) is 0 Å². The highest BCUT2D eigenvalue weighted by Gasteiger charge is 2.70. The first-order chi connectivity index (χ1) is 10.8. The third-order valence-electron chi connectivity index (χ3n) is 6.82. The number of benzene rings is 2. The smallest absolute Gasteiger partial charge is 0.00188 e. The fraction of sp³-hybridized carbons (Fsp3) is 0.364. The lowest BCUT2D eigenvalue weighted by molar-refractivity contribution is -0.0860. The van der Waals surface area contributed by atoms with Gasteiger partial charge in [-0.05, 0) is 59.6 Å². The second kappa shape index (κ2) is 4.35. The molecule has 22 heavy (non-hydrogen) atoms. The molecule has 0 amide bonds. The molecule has 2 atom stereocenters. The molecule has 3 aliphatic rings.